The highest BCUT2D eigenvalue weighted by atomic mass is 16.4. The topological polar surface area (TPSA) is 74.0 Å². The number of rotatable bonds is 3. The van der Waals surface area contributed by atoms with E-state index < -0.39 is 5.97 Å². The number of amides is 1. The number of furan rings is 1. The number of aromatic carboxylic acids is 1. The van der Waals surface area contributed by atoms with Crippen molar-refractivity contribution in [3.8, 4) is 0 Å². The van der Waals surface area contributed by atoms with E-state index in [1.54, 1.807) is 4.90 Å². The molecule has 0 saturated carbocycles. The molecular formula is C12H16N2O4. The smallest absolute Gasteiger partial charge is 0.371 e. The van der Waals surface area contributed by atoms with Crippen LogP contribution in [0.25, 0.3) is 0 Å². The SMILES string of the molecule is CN(C)C1CCN(C(=O)c2ccc(C(=O)O)o2)C1. The molecule has 2 heterocycles. The number of likely N-dealkylation sites (N-methyl/N-ethyl adjacent to an activating group) is 1. The molecule has 0 spiro atoms. The number of carboxylic acids is 1. The van der Waals surface area contributed by atoms with E-state index >= 15 is 0 Å². The van der Waals surface area contributed by atoms with Gasteiger partial charge < -0.3 is 19.3 Å². The van der Waals surface area contributed by atoms with E-state index in [0.717, 1.165) is 6.42 Å². The van der Waals surface area contributed by atoms with Gasteiger partial charge in [0.25, 0.3) is 5.91 Å². The summed E-state index contributed by atoms with van der Waals surface area (Å²) in [7, 11) is 3.96. The first-order valence-corrected chi connectivity index (χ1v) is 5.78. The van der Waals surface area contributed by atoms with Gasteiger partial charge in [-0.15, -0.1) is 0 Å². The van der Waals surface area contributed by atoms with Crippen LogP contribution >= 0.6 is 0 Å². The molecule has 1 fully saturated rings. The number of nitrogens with zero attached hydrogens (tertiary/aromatic N) is 2. The molecule has 0 bridgehead atoms. The minimum atomic E-state index is -1.17. The molecule has 1 amide bonds. The van der Waals surface area contributed by atoms with Crippen LogP contribution in [0.1, 0.15) is 27.5 Å². The van der Waals surface area contributed by atoms with Crippen molar-refractivity contribution in [3.05, 3.63) is 23.7 Å². The number of carboxylic acid groups (broad SMARTS) is 1. The minimum Gasteiger partial charge on any atom is -0.475 e. The van der Waals surface area contributed by atoms with E-state index in [0.29, 0.717) is 19.1 Å². The highest BCUT2D eigenvalue weighted by Crippen LogP contribution is 2.17. The number of carbonyl (C=O) groups excluding carboxylic acids is 1. The van der Waals surface area contributed by atoms with Crippen LogP contribution in [-0.4, -0.2) is 60.0 Å². The van der Waals surface area contributed by atoms with Gasteiger partial charge in [0.1, 0.15) is 0 Å². The normalized spacial score (nSPS) is 19.5. The lowest BCUT2D eigenvalue weighted by atomic mass is 10.2. The molecule has 1 atom stereocenters. The van der Waals surface area contributed by atoms with Crippen LogP contribution in [-0.2, 0) is 0 Å². The van der Waals surface area contributed by atoms with Gasteiger partial charge in [-0.3, -0.25) is 4.79 Å². The standard InChI is InChI=1S/C12H16N2O4/c1-13(2)8-5-6-14(7-8)11(15)9-3-4-10(18-9)12(16)17/h3-4,8H,5-7H2,1-2H3,(H,16,17). The Balaban J connectivity index is 2.05. The molecule has 0 radical (unpaired) electrons. The van der Waals surface area contributed by atoms with E-state index in [-0.39, 0.29) is 17.4 Å². The second-order valence-electron chi connectivity index (χ2n) is 4.63. The van der Waals surface area contributed by atoms with E-state index in [9.17, 15) is 9.59 Å². The maximum Gasteiger partial charge on any atom is 0.371 e. The average molecular weight is 252 g/mol. The zero-order valence-electron chi connectivity index (χ0n) is 10.4. The Hall–Kier alpha value is -1.82. The first kappa shape index (κ1) is 12.6. The van der Waals surface area contributed by atoms with Crippen molar-refractivity contribution >= 4 is 11.9 Å². The molecule has 18 heavy (non-hydrogen) atoms. The Morgan fingerprint density at radius 3 is 2.56 bits per heavy atom. The fourth-order valence-electron chi connectivity index (χ4n) is 2.07. The fraction of sp³-hybridized carbons (Fsp3) is 0.500. The van der Waals surface area contributed by atoms with Gasteiger partial charge in [0.2, 0.25) is 5.76 Å². The molecule has 1 aliphatic rings. The molecule has 1 aliphatic heterocycles. The third-order valence-electron chi connectivity index (χ3n) is 3.21. The van der Waals surface area contributed by atoms with Crippen molar-refractivity contribution in [2.24, 2.45) is 0 Å². The van der Waals surface area contributed by atoms with Crippen LogP contribution < -0.4 is 0 Å². The monoisotopic (exact) mass is 252 g/mol. The van der Waals surface area contributed by atoms with Gasteiger partial charge in [0, 0.05) is 19.1 Å². The van der Waals surface area contributed by atoms with Gasteiger partial charge in [0.15, 0.2) is 5.76 Å². The summed E-state index contributed by atoms with van der Waals surface area (Å²) in [6.07, 6.45) is 0.922. The average Bonchev–Trinajstić information content (AvgIpc) is 2.97. The molecule has 6 nitrogen and oxygen atoms in total. The molecule has 1 aromatic rings. The largest absolute Gasteiger partial charge is 0.475 e. The van der Waals surface area contributed by atoms with Crippen LogP contribution in [0.5, 0.6) is 0 Å². The number of hydrogen-bond donors (Lipinski definition) is 1. The molecule has 2 rings (SSSR count). The van der Waals surface area contributed by atoms with Gasteiger partial charge in [-0.2, -0.15) is 0 Å². The van der Waals surface area contributed by atoms with Gasteiger partial charge in [-0.25, -0.2) is 4.79 Å². The molecule has 1 saturated heterocycles. The zero-order chi connectivity index (χ0) is 13.3. The number of hydrogen-bond acceptors (Lipinski definition) is 4. The lowest BCUT2D eigenvalue weighted by molar-refractivity contribution is 0.0653. The summed E-state index contributed by atoms with van der Waals surface area (Å²) >= 11 is 0. The molecule has 1 unspecified atom stereocenters. The first-order chi connectivity index (χ1) is 8.49. The van der Waals surface area contributed by atoms with Crippen LogP contribution in [0.15, 0.2) is 16.5 Å². The van der Waals surface area contributed by atoms with E-state index in [1.807, 2.05) is 14.1 Å². The Labute approximate surface area is 105 Å². The maximum absolute atomic E-state index is 12.1. The Morgan fingerprint density at radius 1 is 1.39 bits per heavy atom. The third-order valence-corrected chi connectivity index (χ3v) is 3.21. The summed E-state index contributed by atoms with van der Waals surface area (Å²) in [5, 5.41) is 8.73. The molecular weight excluding hydrogens is 236 g/mol. The van der Waals surface area contributed by atoms with Crippen molar-refractivity contribution in [2.75, 3.05) is 27.2 Å². The van der Waals surface area contributed by atoms with E-state index in [4.69, 9.17) is 9.52 Å². The van der Waals surface area contributed by atoms with Gasteiger partial charge in [0.05, 0.1) is 0 Å². The highest BCUT2D eigenvalue weighted by Gasteiger charge is 2.29. The van der Waals surface area contributed by atoms with Crippen LogP contribution in [0.2, 0.25) is 0 Å². The zero-order valence-corrected chi connectivity index (χ0v) is 10.4. The molecule has 1 N–H and O–H groups in total. The van der Waals surface area contributed by atoms with Crippen molar-refractivity contribution < 1.29 is 19.1 Å². The van der Waals surface area contributed by atoms with Crippen molar-refractivity contribution in [1.29, 1.82) is 0 Å². The Kier molecular flexibility index (Phi) is 3.38. The van der Waals surface area contributed by atoms with Crippen LogP contribution in [0.3, 0.4) is 0 Å². The second-order valence-corrected chi connectivity index (χ2v) is 4.63. The second kappa shape index (κ2) is 4.81. The van der Waals surface area contributed by atoms with Crippen LogP contribution in [0.4, 0.5) is 0 Å². The lowest BCUT2D eigenvalue weighted by Gasteiger charge is -2.19. The Morgan fingerprint density at radius 2 is 2.06 bits per heavy atom. The van der Waals surface area contributed by atoms with E-state index in [1.165, 1.54) is 12.1 Å². The summed E-state index contributed by atoms with van der Waals surface area (Å²) in [5.41, 5.74) is 0. The number of likely N-dealkylation sites (tertiary alicyclic amines) is 1. The van der Waals surface area contributed by atoms with Crippen LogP contribution in [0, 0.1) is 0 Å². The van der Waals surface area contributed by atoms with Crippen molar-refractivity contribution in [3.63, 3.8) is 0 Å². The first-order valence-electron chi connectivity index (χ1n) is 5.78. The Bertz CT molecular complexity index is 466. The summed E-state index contributed by atoms with van der Waals surface area (Å²) < 4.78 is 5.01. The van der Waals surface area contributed by atoms with Gasteiger partial charge in [-0.1, -0.05) is 0 Å². The minimum absolute atomic E-state index is 0.0896. The fourth-order valence-corrected chi connectivity index (χ4v) is 2.07. The van der Waals surface area contributed by atoms with Gasteiger partial charge >= 0.3 is 5.97 Å². The quantitative estimate of drug-likeness (QED) is 0.859. The van der Waals surface area contributed by atoms with Gasteiger partial charge in [-0.05, 0) is 32.6 Å². The number of carbonyl (C=O) groups is 2. The summed E-state index contributed by atoms with van der Waals surface area (Å²) in [5.74, 6) is -1.53. The predicted molar refractivity (Wildman–Crippen MR) is 63.7 cm³/mol. The van der Waals surface area contributed by atoms with E-state index in [2.05, 4.69) is 4.90 Å². The molecule has 98 valence electrons. The van der Waals surface area contributed by atoms with Crippen molar-refractivity contribution in [1.82, 2.24) is 9.80 Å². The summed E-state index contributed by atoms with van der Waals surface area (Å²) in [6.45, 7) is 1.32. The predicted octanol–water partition coefficient (Wildman–Crippen LogP) is 0.754. The third kappa shape index (κ3) is 2.38. The summed E-state index contributed by atoms with van der Waals surface area (Å²) in [4.78, 5) is 26.5. The lowest BCUT2D eigenvalue weighted by Crippen LogP contribution is -2.34. The van der Waals surface area contributed by atoms with Crippen molar-refractivity contribution in [2.45, 2.75) is 12.5 Å². The highest BCUT2D eigenvalue weighted by molar-refractivity contribution is 5.93. The molecule has 1 aromatic heterocycles. The molecule has 0 aromatic carbocycles. The summed E-state index contributed by atoms with van der Waals surface area (Å²) in [6, 6.07) is 3.06. The molecule has 6 heteroatoms. The maximum atomic E-state index is 12.1. The molecule has 0 aliphatic carbocycles.